The molecule has 116 valence electrons. The number of thioether (sulfide) groups is 1. The molecule has 0 saturated carbocycles. The van der Waals surface area contributed by atoms with Crippen molar-refractivity contribution in [1.29, 1.82) is 0 Å². The number of amides is 1. The number of hydrogen-bond donors (Lipinski definition) is 0. The summed E-state index contributed by atoms with van der Waals surface area (Å²) < 4.78 is 5.79. The van der Waals surface area contributed by atoms with Crippen LogP contribution in [0.1, 0.15) is 18.2 Å². The molecule has 5 heteroatoms. The molecule has 1 amide bonds. The van der Waals surface area contributed by atoms with Gasteiger partial charge in [0.1, 0.15) is 5.76 Å². The molecule has 1 aliphatic rings. The first-order valence-electron chi connectivity index (χ1n) is 7.26. The van der Waals surface area contributed by atoms with Gasteiger partial charge in [0.05, 0.1) is 16.9 Å². The maximum atomic E-state index is 12.7. The summed E-state index contributed by atoms with van der Waals surface area (Å²) in [5, 5.41) is 0. The Bertz CT molecular complexity index is 791. The fourth-order valence-corrected chi connectivity index (χ4v) is 3.57. The molecule has 1 aliphatic heterocycles. The van der Waals surface area contributed by atoms with Crippen molar-refractivity contribution in [2.24, 2.45) is 0 Å². The van der Waals surface area contributed by atoms with E-state index in [1.165, 1.54) is 11.8 Å². The molecule has 0 aliphatic carbocycles. The third-order valence-electron chi connectivity index (χ3n) is 3.46. The predicted molar refractivity (Wildman–Crippen MR) is 99.3 cm³/mol. The number of aryl methyl sites for hydroxylation is 1. The number of carbonyl (C=O) groups excluding carboxylic acids is 1. The Morgan fingerprint density at radius 2 is 2.09 bits per heavy atom. The van der Waals surface area contributed by atoms with Gasteiger partial charge in [-0.15, -0.1) is 0 Å². The summed E-state index contributed by atoms with van der Waals surface area (Å²) in [6.07, 6.45) is 7.85. The van der Waals surface area contributed by atoms with Crippen molar-refractivity contribution in [3.05, 3.63) is 71.0 Å². The molecule has 0 spiro atoms. The minimum atomic E-state index is -0.0787. The summed E-state index contributed by atoms with van der Waals surface area (Å²) in [6, 6.07) is 11.5. The zero-order valence-corrected chi connectivity index (χ0v) is 14.2. The van der Waals surface area contributed by atoms with Gasteiger partial charge in [-0.25, -0.2) is 0 Å². The molecular weight excluding hydrogens is 326 g/mol. The van der Waals surface area contributed by atoms with E-state index in [0.29, 0.717) is 9.23 Å². The van der Waals surface area contributed by atoms with Crippen molar-refractivity contribution in [2.75, 3.05) is 4.90 Å². The minimum Gasteiger partial charge on any atom is -0.465 e. The van der Waals surface area contributed by atoms with Crippen LogP contribution in [0.2, 0.25) is 0 Å². The maximum absolute atomic E-state index is 12.7. The molecule has 23 heavy (non-hydrogen) atoms. The van der Waals surface area contributed by atoms with E-state index in [4.69, 9.17) is 16.6 Å². The average molecular weight is 341 g/mol. The van der Waals surface area contributed by atoms with Crippen LogP contribution in [-0.2, 0) is 11.2 Å². The molecule has 1 aromatic heterocycles. The van der Waals surface area contributed by atoms with Crippen molar-refractivity contribution >= 4 is 46.0 Å². The zero-order chi connectivity index (χ0) is 16.2. The molecule has 1 aromatic carbocycles. The van der Waals surface area contributed by atoms with Crippen LogP contribution in [0, 0.1) is 0 Å². The van der Waals surface area contributed by atoms with Gasteiger partial charge in [-0.1, -0.05) is 55.2 Å². The molecule has 1 saturated heterocycles. The third-order valence-corrected chi connectivity index (χ3v) is 4.78. The van der Waals surface area contributed by atoms with Gasteiger partial charge in [0.25, 0.3) is 5.91 Å². The Hall–Kier alpha value is -2.11. The van der Waals surface area contributed by atoms with Gasteiger partial charge in [-0.2, -0.15) is 0 Å². The van der Waals surface area contributed by atoms with E-state index in [-0.39, 0.29) is 5.91 Å². The summed E-state index contributed by atoms with van der Waals surface area (Å²) >= 11 is 6.72. The lowest BCUT2D eigenvalue weighted by atomic mass is 10.1. The summed E-state index contributed by atoms with van der Waals surface area (Å²) in [5.41, 5.74) is 1.98. The molecule has 1 fully saturated rings. The lowest BCUT2D eigenvalue weighted by Crippen LogP contribution is -2.28. The fraction of sp³-hybridized carbons (Fsp3) is 0.111. The van der Waals surface area contributed by atoms with Crippen molar-refractivity contribution in [1.82, 2.24) is 0 Å². The van der Waals surface area contributed by atoms with Gasteiger partial charge < -0.3 is 4.42 Å². The number of carbonyl (C=O) groups is 1. The Balaban J connectivity index is 1.85. The van der Waals surface area contributed by atoms with Gasteiger partial charge in [0.2, 0.25) is 0 Å². The van der Waals surface area contributed by atoms with Gasteiger partial charge in [-0.05, 0) is 42.3 Å². The quantitative estimate of drug-likeness (QED) is 0.590. The van der Waals surface area contributed by atoms with Crippen LogP contribution < -0.4 is 4.90 Å². The van der Waals surface area contributed by atoms with Gasteiger partial charge in [-0.3, -0.25) is 9.69 Å². The SMILES string of the molecule is CCc1ccccc1N1C(=O)/C(=C\C=C\c2ccco2)SC1=S. The van der Waals surface area contributed by atoms with E-state index in [2.05, 4.69) is 6.92 Å². The Morgan fingerprint density at radius 1 is 1.26 bits per heavy atom. The third kappa shape index (κ3) is 3.30. The second-order valence-corrected chi connectivity index (χ2v) is 6.57. The number of furan rings is 1. The van der Waals surface area contributed by atoms with E-state index < -0.39 is 0 Å². The summed E-state index contributed by atoms with van der Waals surface area (Å²) in [7, 11) is 0. The van der Waals surface area contributed by atoms with Crippen molar-refractivity contribution in [3.63, 3.8) is 0 Å². The Kier molecular flexibility index (Phi) is 4.79. The van der Waals surface area contributed by atoms with Crippen molar-refractivity contribution < 1.29 is 9.21 Å². The second-order valence-electron chi connectivity index (χ2n) is 4.90. The van der Waals surface area contributed by atoms with Crippen LogP contribution in [0.25, 0.3) is 6.08 Å². The maximum Gasteiger partial charge on any atom is 0.270 e. The highest BCUT2D eigenvalue weighted by atomic mass is 32.2. The smallest absolute Gasteiger partial charge is 0.270 e. The lowest BCUT2D eigenvalue weighted by molar-refractivity contribution is -0.113. The second kappa shape index (κ2) is 6.98. The average Bonchev–Trinajstić information content (AvgIpc) is 3.16. The van der Waals surface area contributed by atoms with E-state index in [0.717, 1.165) is 23.4 Å². The standard InChI is InChI=1S/C18H15NO2S2/c1-2-13-7-3-4-10-15(13)19-17(20)16(23-18(19)22)11-5-8-14-9-6-12-21-14/h3-12H,2H2,1H3/b8-5+,16-11+. The summed E-state index contributed by atoms with van der Waals surface area (Å²) in [4.78, 5) is 14.9. The number of para-hydroxylation sites is 1. The summed E-state index contributed by atoms with van der Waals surface area (Å²) in [6.45, 7) is 2.07. The van der Waals surface area contributed by atoms with Crippen LogP contribution in [0.5, 0.6) is 0 Å². The zero-order valence-electron chi connectivity index (χ0n) is 12.6. The number of hydrogen-bond acceptors (Lipinski definition) is 4. The monoisotopic (exact) mass is 341 g/mol. The van der Waals surface area contributed by atoms with E-state index in [9.17, 15) is 4.79 Å². The Labute approximate surface area is 144 Å². The topological polar surface area (TPSA) is 33.5 Å². The lowest BCUT2D eigenvalue weighted by Gasteiger charge is -2.17. The summed E-state index contributed by atoms with van der Waals surface area (Å²) in [5.74, 6) is 0.665. The first kappa shape index (κ1) is 15.8. The molecular formula is C18H15NO2S2. The molecule has 0 atom stereocenters. The van der Waals surface area contributed by atoms with Crippen molar-refractivity contribution in [2.45, 2.75) is 13.3 Å². The molecule has 0 unspecified atom stereocenters. The molecule has 2 heterocycles. The highest BCUT2D eigenvalue weighted by Crippen LogP contribution is 2.36. The minimum absolute atomic E-state index is 0.0787. The molecule has 2 aromatic rings. The number of allylic oxidation sites excluding steroid dienone is 2. The highest BCUT2D eigenvalue weighted by Gasteiger charge is 2.33. The molecule has 0 bridgehead atoms. The molecule has 0 N–H and O–H groups in total. The van der Waals surface area contributed by atoms with Crippen LogP contribution in [0.15, 0.2) is 64.1 Å². The largest absolute Gasteiger partial charge is 0.465 e. The number of thiocarbonyl (C=S) groups is 1. The number of benzene rings is 1. The first-order chi connectivity index (χ1) is 11.2. The van der Waals surface area contributed by atoms with Crippen molar-refractivity contribution in [3.8, 4) is 0 Å². The first-order valence-corrected chi connectivity index (χ1v) is 8.49. The van der Waals surface area contributed by atoms with E-state index in [1.807, 2.05) is 42.5 Å². The van der Waals surface area contributed by atoms with E-state index in [1.54, 1.807) is 23.3 Å². The fourth-order valence-electron chi connectivity index (χ4n) is 2.33. The number of anilines is 1. The van der Waals surface area contributed by atoms with Crippen LogP contribution in [0.3, 0.4) is 0 Å². The highest BCUT2D eigenvalue weighted by molar-refractivity contribution is 8.27. The molecule has 3 rings (SSSR count). The van der Waals surface area contributed by atoms with E-state index >= 15 is 0 Å². The predicted octanol–water partition coefficient (Wildman–Crippen LogP) is 4.80. The normalized spacial score (nSPS) is 16.9. The molecule has 0 radical (unpaired) electrons. The van der Waals surface area contributed by atoms with Gasteiger partial charge in [0, 0.05) is 0 Å². The molecule has 3 nitrogen and oxygen atoms in total. The van der Waals surface area contributed by atoms with Gasteiger partial charge >= 0.3 is 0 Å². The number of nitrogens with zero attached hydrogens (tertiary/aromatic N) is 1. The van der Waals surface area contributed by atoms with Crippen LogP contribution in [0.4, 0.5) is 5.69 Å². The van der Waals surface area contributed by atoms with Crippen LogP contribution in [-0.4, -0.2) is 10.2 Å². The van der Waals surface area contributed by atoms with Crippen LogP contribution >= 0.6 is 24.0 Å². The Morgan fingerprint density at radius 3 is 2.83 bits per heavy atom. The number of rotatable bonds is 4. The van der Waals surface area contributed by atoms with Gasteiger partial charge in [0.15, 0.2) is 4.32 Å².